The van der Waals surface area contributed by atoms with E-state index in [1.807, 2.05) is 30.3 Å². The van der Waals surface area contributed by atoms with Crippen molar-refractivity contribution in [3.8, 4) is 22.5 Å². The second-order valence-electron chi connectivity index (χ2n) is 10.3. The molecule has 1 saturated heterocycles. The van der Waals surface area contributed by atoms with Crippen LogP contribution in [0.1, 0.15) is 19.3 Å². The molecule has 2 aromatic heterocycles. The molecule has 5 aromatic rings. The monoisotopic (exact) mass is 486 g/mol. The summed E-state index contributed by atoms with van der Waals surface area (Å²) in [4.78, 5) is 23.3. The molecule has 1 aliphatic heterocycles. The van der Waals surface area contributed by atoms with E-state index in [2.05, 4.69) is 50.7 Å². The van der Waals surface area contributed by atoms with Gasteiger partial charge < -0.3 is 13.9 Å². The number of fused-ring (bicyclic) bond motifs is 2. The van der Waals surface area contributed by atoms with Crippen LogP contribution in [-0.4, -0.2) is 33.4 Å². The molecule has 6 heteroatoms. The highest BCUT2D eigenvalue weighted by Gasteiger charge is 2.36. The van der Waals surface area contributed by atoms with Crippen molar-refractivity contribution in [2.75, 3.05) is 13.1 Å². The van der Waals surface area contributed by atoms with Crippen LogP contribution in [0.15, 0.2) is 77.4 Å². The molecule has 0 unspecified atom stereocenters. The first-order chi connectivity index (χ1) is 18.2. The number of imidazole rings is 1. The molecule has 1 amide bonds. The number of amides is 1. The molecule has 0 radical (unpaired) electrons. The highest BCUT2D eigenvalue weighted by molar-refractivity contribution is 5.86. The van der Waals surface area contributed by atoms with Crippen LogP contribution in [0, 0.1) is 18.4 Å². The number of hydrogen-bond donors (Lipinski definition) is 0. The van der Waals surface area contributed by atoms with Gasteiger partial charge in [0.1, 0.15) is 11.4 Å². The van der Waals surface area contributed by atoms with Crippen molar-refractivity contribution in [2.24, 2.45) is 11.8 Å². The van der Waals surface area contributed by atoms with Crippen molar-refractivity contribution in [3.63, 3.8) is 0 Å². The normalized spacial score (nSPS) is 17.5. The number of hydrogen-bond acceptors (Lipinski definition) is 3. The van der Waals surface area contributed by atoms with Crippen molar-refractivity contribution in [1.29, 1.82) is 0 Å². The first-order valence-electron chi connectivity index (χ1n) is 12.9. The molecule has 1 aliphatic carbocycles. The Hall–Kier alpha value is -4.37. The van der Waals surface area contributed by atoms with Gasteiger partial charge in [0, 0.05) is 36.5 Å². The number of rotatable bonds is 5. The van der Waals surface area contributed by atoms with Gasteiger partial charge in [0.25, 0.3) is 0 Å². The predicted molar refractivity (Wildman–Crippen MR) is 144 cm³/mol. The van der Waals surface area contributed by atoms with Gasteiger partial charge in [-0.25, -0.2) is 9.83 Å². The second-order valence-corrected chi connectivity index (χ2v) is 10.3. The minimum atomic E-state index is 0.261. The summed E-state index contributed by atoms with van der Waals surface area (Å²) in [6.07, 6.45) is 4.80. The van der Waals surface area contributed by atoms with Crippen LogP contribution in [0.5, 0.6) is 0 Å². The smallest absolute Gasteiger partial charge is 0.225 e. The third-order valence-corrected chi connectivity index (χ3v) is 7.75. The molecule has 0 N–H and O–H groups in total. The molecule has 1 atom stereocenters. The Kier molecular flexibility index (Phi) is 5.10. The van der Waals surface area contributed by atoms with Crippen molar-refractivity contribution in [1.82, 2.24) is 14.5 Å². The van der Waals surface area contributed by atoms with E-state index in [4.69, 9.17) is 16.0 Å². The Morgan fingerprint density at radius 2 is 1.78 bits per heavy atom. The first kappa shape index (κ1) is 21.9. The number of aromatic nitrogens is 2. The van der Waals surface area contributed by atoms with Gasteiger partial charge in [-0.2, -0.15) is 0 Å². The topological polar surface area (TPSA) is 55.6 Å². The predicted octanol–water partition coefficient (Wildman–Crippen LogP) is 6.93. The summed E-state index contributed by atoms with van der Waals surface area (Å²) >= 11 is 0. The van der Waals surface area contributed by atoms with Gasteiger partial charge in [-0.15, -0.1) is 0 Å². The van der Waals surface area contributed by atoms with Crippen LogP contribution in [0.3, 0.4) is 0 Å². The lowest BCUT2D eigenvalue weighted by Crippen LogP contribution is -2.30. The Morgan fingerprint density at radius 1 is 0.973 bits per heavy atom. The number of benzene rings is 3. The SMILES string of the molecule is [C-]#[N+]c1ccc2nc(-c3ccc(-c4ccc5occc5c4)cc3)n(C[C@@H]3CCN(C(=O)C4CC4)C3)c2c1. The molecule has 6 nitrogen and oxygen atoms in total. The van der Waals surface area contributed by atoms with E-state index in [9.17, 15) is 4.79 Å². The van der Waals surface area contributed by atoms with E-state index >= 15 is 0 Å². The molecular formula is C31H26N4O2. The van der Waals surface area contributed by atoms with E-state index in [1.165, 1.54) is 0 Å². The molecule has 0 spiro atoms. The number of carbonyl (C=O) groups excluding carboxylic acids is 1. The molecule has 2 aliphatic rings. The summed E-state index contributed by atoms with van der Waals surface area (Å²) in [7, 11) is 0. The van der Waals surface area contributed by atoms with Gasteiger partial charge in [0.2, 0.25) is 5.91 Å². The third kappa shape index (κ3) is 3.97. The van der Waals surface area contributed by atoms with Gasteiger partial charge >= 0.3 is 0 Å². The maximum absolute atomic E-state index is 12.6. The fraction of sp³-hybridized carbons (Fsp3) is 0.258. The summed E-state index contributed by atoms with van der Waals surface area (Å²) in [6, 6.07) is 22.4. The van der Waals surface area contributed by atoms with Crippen LogP contribution in [0.4, 0.5) is 5.69 Å². The molecule has 182 valence electrons. The van der Waals surface area contributed by atoms with E-state index in [0.717, 1.165) is 83.4 Å². The van der Waals surface area contributed by atoms with Crippen molar-refractivity contribution >= 4 is 33.6 Å². The number of furan rings is 1. The van der Waals surface area contributed by atoms with Gasteiger partial charge in [0.05, 0.1) is 23.9 Å². The standard InChI is InChI=1S/C31H26N4O2/c1-32-26-9-10-27-28(17-26)35(19-20-12-14-34(18-20)31(36)23-6-7-23)30(33-27)22-4-2-21(3-5-22)24-8-11-29-25(16-24)13-15-37-29/h2-5,8-11,13,15-17,20,23H,6-7,12,14,18-19H2/t20-/m1/s1. The van der Waals surface area contributed by atoms with Gasteiger partial charge in [-0.3, -0.25) is 4.79 Å². The summed E-state index contributed by atoms with van der Waals surface area (Å²) in [5.41, 5.74) is 6.68. The molecule has 3 heterocycles. The van der Waals surface area contributed by atoms with Crippen LogP contribution in [-0.2, 0) is 11.3 Å². The zero-order chi connectivity index (χ0) is 24.9. The van der Waals surface area contributed by atoms with E-state index < -0.39 is 0 Å². The Labute approximate surface area is 215 Å². The summed E-state index contributed by atoms with van der Waals surface area (Å²) in [5, 5.41) is 1.09. The quantitative estimate of drug-likeness (QED) is 0.253. The fourth-order valence-corrected chi connectivity index (χ4v) is 5.57. The molecular weight excluding hydrogens is 460 g/mol. The zero-order valence-corrected chi connectivity index (χ0v) is 20.4. The molecule has 37 heavy (non-hydrogen) atoms. The van der Waals surface area contributed by atoms with Gasteiger partial charge in [0.15, 0.2) is 5.69 Å². The number of likely N-dealkylation sites (tertiary alicyclic amines) is 1. The molecule has 7 rings (SSSR count). The first-order valence-corrected chi connectivity index (χ1v) is 12.9. The highest BCUT2D eigenvalue weighted by Crippen LogP contribution is 2.35. The largest absolute Gasteiger partial charge is 0.464 e. The minimum absolute atomic E-state index is 0.261. The van der Waals surface area contributed by atoms with Crippen LogP contribution in [0.25, 0.3) is 49.4 Å². The highest BCUT2D eigenvalue weighted by atomic mass is 16.3. The third-order valence-electron chi connectivity index (χ3n) is 7.75. The average Bonchev–Trinajstić information content (AvgIpc) is 3.33. The number of carbonyl (C=O) groups is 1. The summed E-state index contributed by atoms with van der Waals surface area (Å²) in [6.45, 7) is 9.91. The molecule has 3 aromatic carbocycles. The lowest BCUT2D eigenvalue weighted by molar-refractivity contribution is -0.131. The van der Waals surface area contributed by atoms with Crippen molar-refractivity contribution < 1.29 is 9.21 Å². The molecule has 1 saturated carbocycles. The Balaban J connectivity index is 1.23. The summed E-state index contributed by atoms with van der Waals surface area (Å²) < 4.78 is 7.74. The maximum Gasteiger partial charge on any atom is 0.225 e. The molecule has 0 bridgehead atoms. The van der Waals surface area contributed by atoms with Crippen LogP contribution < -0.4 is 0 Å². The average molecular weight is 487 g/mol. The van der Waals surface area contributed by atoms with Crippen LogP contribution in [0.2, 0.25) is 0 Å². The Morgan fingerprint density at radius 3 is 2.59 bits per heavy atom. The molecule has 2 fully saturated rings. The second kappa shape index (κ2) is 8.63. The minimum Gasteiger partial charge on any atom is -0.464 e. The van der Waals surface area contributed by atoms with Crippen LogP contribution >= 0.6 is 0 Å². The van der Waals surface area contributed by atoms with Crippen molar-refractivity contribution in [3.05, 3.63) is 84.4 Å². The Bertz CT molecular complexity index is 1680. The zero-order valence-electron chi connectivity index (χ0n) is 20.4. The fourth-order valence-electron chi connectivity index (χ4n) is 5.57. The van der Waals surface area contributed by atoms with Gasteiger partial charge in [-0.05, 0) is 66.6 Å². The van der Waals surface area contributed by atoms with E-state index in [0.29, 0.717) is 17.5 Å². The van der Waals surface area contributed by atoms with Gasteiger partial charge in [-0.1, -0.05) is 36.4 Å². The lowest BCUT2D eigenvalue weighted by Gasteiger charge is -2.18. The van der Waals surface area contributed by atoms with E-state index in [-0.39, 0.29) is 5.92 Å². The van der Waals surface area contributed by atoms with Crippen molar-refractivity contribution in [2.45, 2.75) is 25.8 Å². The maximum atomic E-state index is 12.6. The number of nitrogens with zero attached hydrogens (tertiary/aromatic N) is 4. The van der Waals surface area contributed by atoms with E-state index in [1.54, 1.807) is 6.26 Å². The lowest BCUT2D eigenvalue weighted by atomic mass is 10.0. The summed E-state index contributed by atoms with van der Waals surface area (Å²) in [5.74, 6) is 1.87.